The molecule has 1 aliphatic carbocycles. The van der Waals surface area contributed by atoms with E-state index in [1.165, 1.54) is 58.2 Å². The molecule has 2 heterocycles. The van der Waals surface area contributed by atoms with E-state index in [9.17, 15) is 0 Å². The Labute approximate surface area is 129 Å². The fraction of sp³-hybridized carbons (Fsp3) is 0.778. The van der Waals surface area contributed by atoms with Crippen LogP contribution >= 0.6 is 0 Å². The molecule has 0 bridgehead atoms. The van der Waals surface area contributed by atoms with Gasteiger partial charge < -0.3 is 9.73 Å². The Morgan fingerprint density at radius 1 is 1.29 bits per heavy atom. The van der Waals surface area contributed by atoms with Gasteiger partial charge in [0.05, 0.1) is 12.3 Å². The predicted molar refractivity (Wildman–Crippen MR) is 86.2 cm³/mol. The van der Waals surface area contributed by atoms with Gasteiger partial charge in [-0.25, -0.2) is 0 Å². The van der Waals surface area contributed by atoms with Crippen molar-refractivity contribution >= 4 is 0 Å². The lowest BCUT2D eigenvalue weighted by atomic mass is 9.82. The van der Waals surface area contributed by atoms with Crippen LogP contribution < -0.4 is 5.32 Å². The SMILES string of the molecule is CC1CCCC(CNCC(c2ccco2)N2CCCC2)C1. The first-order valence-electron chi connectivity index (χ1n) is 8.81. The molecule has 1 N–H and O–H groups in total. The highest BCUT2D eigenvalue weighted by molar-refractivity contribution is 5.06. The number of nitrogens with zero attached hydrogens (tertiary/aromatic N) is 1. The average molecular weight is 290 g/mol. The van der Waals surface area contributed by atoms with Crippen LogP contribution in [0.3, 0.4) is 0 Å². The molecule has 3 unspecified atom stereocenters. The molecule has 21 heavy (non-hydrogen) atoms. The minimum atomic E-state index is 0.420. The van der Waals surface area contributed by atoms with E-state index in [1.54, 1.807) is 6.26 Å². The van der Waals surface area contributed by atoms with Crippen molar-refractivity contribution in [1.29, 1.82) is 0 Å². The molecule has 1 saturated carbocycles. The van der Waals surface area contributed by atoms with Gasteiger partial charge in [0.25, 0.3) is 0 Å². The van der Waals surface area contributed by atoms with E-state index in [1.807, 2.05) is 6.07 Å². The molecule has 3 heteroatoms. The number of nitrogens with one attached hydrogen (secondary N) is 1. The first-order chi connectivity index (χ1) is 10.3. The van der Waals surface area contributed by atoms with E-state index in [-0.39, 0.29) is 0 Å². The fourth-order valence-electron chi connectivity index (χ4n) is 4.11. The van der Waals surface area contributed by atoms with Crippen molar-refractivity contribution in [2.75, 3.05) is 26.2 Å². The van der Waals surface area contributed by atoms with Gasteiger partial charge in [0.15, 0.2) is 0 Å². The summed E-state index contributed by atoms with van der Waals surface area (Å²) in [6.07, 6.45) is 10.1. The molecule has 3 rings (SSSR count). The van der Waals surface area contributed by atoms with E-state index < -0.39 is 0 Å². The van der Waals surface area contributed by atoms with E-state index in [0.29, 0.717) is 6.04 Å². The largest absolute Gasteiger partial charge is 0.468 e. The van der Waals surface area contributed by atoms with E-state index in [0.717, 1.165) is 24.1 Å². The lowest BCUT2D eigenvalue weighted by molar-refractivity contribution is 0.201. The molecular weight excluding hydrogens is 260 g/mol. The fourth-order valence-corrected chi connectivity index (χ4v) is 4.11. The van der Waals surface area contributed by atoms with E-state index >= 15 is 0 Å². The van der Waals surface area contributed by atoms with E-state index in [2.05, 4.69) is 23.2 Å². The van der Waals surface area contributed by atoms with Crippen molar-refractivity contribution < 1.29 is 4.42 Å². The number of hydrogen-bond donors (Lipinski definition) is 1. The third-order valence-electron chi connectivity index (χ3n) is 5.27. The molecule has 2 fully saturated rings. The van der Waals surface area contributed by atoms with Crippen molar-refractivity contribution in [1.82, 2.24) is 10.2 Å². The van der Waals surface area contributed by atoms with Gasteiger partial charge in [0.1, 0.15) is 5.76 Å². The van der Waals surface area contributed by atoms with Gasteiger partial charge in [-0.3, -0.25) is 4.90 Å². The average Bonchev–Trinajstić information content (AvgIpc) is 3.17. The summed E-state index contributed by atoms with van der Waals surface area (Å²) < 4.78 is 5.69. The van der Waals surface area contributed by atoms with Crippen molar-refractivity contribution in [3.63, 3.8) is 0 Å². The van der Waals surface area contributed by atoms with Crippen LogP contribution in [-0.2, 0) is 0 Å². The third kappa shape index (κ3) is 4.10. The topological polar surface area (TPSA) is 28.4 Å². The van der Waals surface area contributed by atoms with Crippen molar-refractivity contribution in [3.8, 4) is 0 Å². The summed E-state index contributed by atoms with van der Waals surface area (Å²) in [5, 5.41) is 3.74. The Balaban J connectivity index is 1.50. The second-order valence-electron chi connectivity index (χ2n) is 7.07. The standard InChI is InChI=1S/C18H30N2O/c1-15-6-4-7-16(12-15)13-19-14-17(18-8-5-11-21-18)20-9-2-3-10-20/h5,8,11,15-17,19H,2-4,6-7,9-10,12-14H2,1H3. The lowest BCUT2D eigenvalue weighted by Gasteiger charge is -2.29. The maximum atomic E-state index is 5.69. The summed E-state index contributed by atoms with van der Waals surface area (Å²) >= 11 is 0. The summed E-state index contributed by atoms with van der Waals surface area (Å²) in [4.78, 5) is 2.58. The van der Waals surface area contributed by atoms with Gasteiger partial charge in [-0.05, 0) is 69.3 Å². The molecule has 1 saturated heterocycles. The maximum Gasteiger partial charge on any atom is 0.122 e. The van der Waals surface area contributed by atoms with Gasteiger partial charge in [-0.15, -0.1) is 0 Å². The minimum absolute atomic E-state index is 0.420. The highest BCUT2D eigenvalue weighted by atomic mass is 16.3. The van der Waals surface area contributed by atoms with Crippen LogP contribution in [0.4, 0.5) is 0 Å². The van der Waals surface area contributed by atoms with Crippen LogP contribution in [0, 0.1) is 11.8 Å². The molecule has 3 atom stereocenters. The van der Waals surface area contributed by atoms with Crippen LogP contribution in [0.2, 0.25) is 0 Å². The second kappa shape index (κ2) is 7.46. The minimum Gasteiger partial charge on any atom is -0.468 e. The first-order valence-corrected chi connectivity index (χ1v) is 8.81. The number of rotatable bonds is 6. The third-order valence-corrected chi connectivity index (χ3v) is 5.27. The summed E-state index contributed by atoms with van der Waals surface area (Å²) in [7, 11) is 0. The monoisotopic (exact) mass is 290 g/mol. The molecule has 118 valence electrons. The van der Waals surface area contributed by atoms with Gasteiger partial charge in [-0.2, -0.15) is 0 Å². The molecule has 2 aliphatic rings. The molecule has 0 spiro atoms. The van der Waals surface area contributed by atoms with Gasteiger partial charge in [0.2, 0.25) is 0 Å². The number of hydrogen-bond acceptors (Lipinski definition) is 3. The Morgan fingerprint density at radius 2 is 2.14 bits per heavy atom. The number of likely N-dealkylation sites (tertiary alicyclic amines) is 1. The Bertz CT molecular complexity index is 397. The quantitative estimate of drug-likeness (QED) is 0.863. The van der Waals surface area contributed by atoms with Crippen LogP contribution in [-0.4, -0.2) is 31.1 Å². The molecule has 3 nitrogen and oxygen atoms in total. The first kappa shape index (κ1) is 15.1. The van der Waals surface area contributed by atoms with Crippen molar-refractivity contribution in [2.24, 2.45) is 11.8 Å². The normalized spacial score (nSPS) is 28.8. The van der Waals surface area contributed by atoms with Crippen molar-refractivity contribution in [2.45, 2.75) is 51.5 Å². The van der Waals surface area contributed by atoms with Crippen LogP contribution in [0.15, 0.2) is 22.8 Å². The zero-order chi connectivity index (χ0) is 14.5. The number of furan rings is 1. The smallest absolute Gasteiger partial charge is 0.122 e. The summed E-state index contributed by atoms with van der Waals surface area (Å²) in [5.41, 5.74) is 0. The van der Waals surface area contributed by atoms with E-state index in [4.69, 9.17) is 4.42 Å². The van der Waals surface area contributed by atoms with Gasteiger partial charge >= 0.3 is 0 Å². The molecule has 0 aromatic carbocycles. The van der Waals surface area contributed by atoms with Crippen LogP contribution in [0.5, 0.6) is 0 Å². The molecule has 0 radical (unpaired) electrons. The molecular formula is C18H30N2O. The van der Waals surface area contributed by atoms with Crippen LogP contribution in [0.25, 0.3) is 0 Å². The summed E-state index contributed by atoms with van der Waals surface area (Å²) in [6, 6.07) is 4.57. The highest BCUT2D eigenvalue weighted by Crippen LogP contribution is 2.29. The highest BCUT2D eigenvalue weighted by Gasteiger charge is 2.26. The van der Waals surface area contributed by atoms with Gasteiger partial charge in [-0.1, -0.05) is 19.8 Å². The zero-order valence-corrected chi connectivity index (χ0v) is 13.4. The lowest BCUT2D eigenvalue weighted by Crippen LogP contribution is -2.36. The molecule has 0 amide bonds. The Morgan fingerprint density at radius 3 is 2.86 bits per heavy atom. The second-order valence-corrected chi connectivity index (χ2v) is 7.07. The zero-order valence-electron chi connectivity index (χ0n) is 13.4. The van der Waals surface area contributed by atoms with Crippen LogP contribution in [0.1, 0.15) is 57.3 Å². The molecule has 1 aliphatic heterocycles. The van der Waals surface area contributed by atoms with Crippen molar-refractivity contribution in [3.05, 3.63) is 24.2 Å². The Kier molecular flexibility index (Phi) is 5.37. The van der Waals surface area contributed by atoms with Gasteiger partial charge in [0, 0.05) is 6.54 Å². The summed E-state index contributed by atoms with van der Waals surface area (Å²) in [5.74, 6) is 2.93. The predicted octanol–water partition coefficient (Wildman–Crippen LogP) is 3.83. The molecule has 1 aromatic rings. The summed E-state index contributed by atoms with van der Waals surface area (Å²) in [6.45, 7) is 7.04. The maximum absolute atomic E-state index is 5.69. The Hall–Kier alpha value is -0.800. The molecule has 1 aromatic heterocycles.